The van der Waals surface area contributed by atoms with Gasteiger partial charge >= 0.3 is 6.03 Å². The van der Waals surface area contributed by atoms with E-state index in [1.165, 1.54) is 14.2 Å². The number of imide groups is 1. The average molecular weight is 295 g/mol. The zero-order valence-electron chi connectivity index (χ0n) is 12.6. The van der Waals surface area contributed by atoms with Crippen LogP contribution in [0.25, 0.3) is 0 Å². The molecule has 116 valence electrons. The smallest absolute Gasteiger partial charge is 0.321 e. The summed E-state index contributed by atoms with van der Waals surface area (Å²) < 4.78 is 10.8. The van der Waals surface area contributed by atoms with Crippen molar-refractivity contribution in [2.75, 3.05) is 21.2 Å². The first kappa shape index (κ1) is 16.8. The minimum Gasteiger partial charge on any atom is -0.493 e. The van der Waals surface area contributed by atoms with Crippen LogP contribution in [0, 0.1) is 0 Å². The van der Waals surface area contributed by atoms with Crippen molar-refractivity contribution in [3.8, 4) is 11.5 Å². The second-order valence-electron chi connectivity index (χ2n) is 4.34. The number of nitrogens with one attached hydrogen (secondary N) is 3. The summed E-state index contributed by atoms with van der Waals surface area (Å²) in [7, 11) is 4.81. The molecule has 7 nitrogen and oxygen atoms in total. The summed E-state index contributed by atoms with van der Waals surface area (Å²) in [6.07, 6.45) is -0.827. The molecule has 0 saturated carbocycles. The summed E-state index contributed by atoms with van der Waals surface area (Å²) in [5, 5.41) is 7.49. The van der Waals surface area contributed by atoms with E-state index in [1.807, 2.05) is 19.2 Å². The first-order valence-electron chi connectivity index (χ1n) is 6.52. The number of rotatable bonds is 6. The molecule has 1 atom stereocenters. The van der Waals surface area contributed by atoms with E-state index in [-0.39, 0.29) is 0 Å². The number of hydrogen-bond acceptors (Lipinski definition) is 5. The van der Waals surface area contributed by atoms with Crippen LogP contribution in [-0.4, -0.2) is 39.2 Å². The summed E-state index contributed by atoms with van der Waals surface area (Å²) in [5.41, 5.74) is 1.03. The van der Waals surface area contributed by atoms with Crippen LogP contribution < -0.4 is 25.4 Å². The highest BCUT2D eigenvalue weighted by Crippen LogP contribution is 2.28. The number of ether oxygens (including phenoxy) is 2. The van der Waals surface area contributed by atoms with E-state index in [2.05, 4.69) is 16.0 Å². The SMILES string of the molecule is CNCc1ccc(OC(C)C(=O)NC(=O)NC)c(OC)c1. The van der Waals surface area contributed by atoms with Gasteiger partial charge in [0.05, 0.1) is 7.11 Å². The van der Waals surface area contributed by atoms with E-state index in [4.69, 9.17) is 9.47 Å². The Morgan fingerprint density at radius 3 is 2.52 bits per heavy atom. The van der Waals surface area contributed by atoms with E-state index in [1.54, 1.807) is 13.0 Å². The van der Waals surface area contributed by atoms with Crippen LogP contribution >= 0.6 is 0 Å². The Balaban J connectivity index is 2.77. The van der Waals surface area contributed by atoms with Crippen molar-refractivity contribution in [2.24, 2.45) is 0 Å². The quantitative estimate of drug-likeness (QED) is 0.716. The van der Waals surface area contributed by atoms with Gasteiger partial charge in [0.1, 0.15) is 0 Å². The van der Waals surface area contributed by atoms with Crippen molar-refractivity contribution in [1.29, 1.82) is 0 Å². The molecule has 3 N–H and O–H groups in total. The lowest BCUT2D eigenvalue weighted by Crippen LogP contribution is -2.44. The third kappa shape index (κ3) is 4.96. The molecule has 1 rings (SSSR count). The molecule has 0 spiro atoms. The summed E-state index contributed by atoms with van der Waals surface area (Å²) in [6, 6.07) is 4.86. The number of amides is 3. The minimum absolute atomic E-state index is 0.442. The molecule has 0 aliphatic rings. The predicted octanol–water partition coefficient (Wildman–Crippen LogP) is 0.638. The van der Waals surface area contributed by atoms with Gasteiger partial charge < -0.3 is 20.1 Å². The molecule has 0 heterocycles. The highest BCUT2D eigenvalue weighted by Gasteiger charge is 2.18. The molecule has 21 heavy (non-hydrogen) atoms. The lowest BCUT2D eigenvalue weighted by atomic mass is 10.2. The third-order valence-electron chi connectivity index (χ3n) is 2.75. The average Bonchev–Trinajstić information content (AvgIpc) is 2.48. The lowest BCUT2D eigenvalue weighted by Gasteiger charge is -2.17. The molecule has 7 heteroatoms. The number of carbonyl (C=O) groups excluding carboxylic acids is 2. The van der Waals surface area contributed by atoms with Gasteiger partial charge in [-0.15, -0.1) is 0 Å². The van der Waals surface area contributed by atoms with Gasteiger partial charge in [0.15, 0.2) is 17.6 Å². The van der Waals surface area contributed by atoms with Crippen LogP contribution in [0.3, 0.4) is 0 Å². The van der Waals surface area contributed by atoms with Gasteiger partial charge in [0.25, 0.3) is 5.91 Å². The fourth-order valence-corrected chi connectivity index (χ4v) is 1.64. The Labute approximate surface area is 124 Å². The molecule has 0 aliphatic heterocycles. The fourth-order valence-electron chi connectivity index (χ4n) is 1.64. The molecule has 0 radical (unpaired) electrons. The maximum absolute atomic E-state index is 11.7. The van der Waals surface area contributed by atoms with Crippen molar-refractivity contribution in [1.82, 2.24) is 16.0 Å². The number of urea groups is 1. The van der Waals surface area contributed by atoms with Gasteiger partial charge in [-0.1, -0.05) is 6.07 Å². The van der Waals surface area contributed by atoms with Crippen molar-refractivity contribution >= 4 is 11.9 Å². The second kappa shape index (κ2) is 8.11. The zero-order valence-corrected chi connectivity index (χ0v) is 12.6. The van der Waals surface area contributed by atoms with Crippen LogP contribution in [-0.2, 0) is 11.3 Å². The number of methoxy groups -OCH3 is 1. The second-order valence-corrected chi connectivity index (χ2v) is 4.34. The van der Waals surface area contributed by atoms with Gasteiger partial charge in [0.2, 0.25) is 0 Å². The lowest BCUT2D eigenvalue weighted by molar-refractivity contribution is -0.126. The molecule has 0 saturated heterocycles. The number of hydrogen-bond donors (Lipinski definition) is 3. The van der Waals surface area contributed by atoms with Crippen LogP contribution in [0.4, 0.5) is 4.79 Å². The maximum Gasteiger partial charge on any atom is 0.321 e. The van der Waals surface area contributed by atoms with Gasteiger partial charge in [0, 0.05) is 13.6 Å². The number of carbonyl (C=O) groups is 2. The first-order chi connectivity index (χ1) is 10.0. The van der Waals surface area contributed by atoms with E-state index >= 15 is 0 Å². The van der Waals surface area contributed by atoms with E-state index < -0.39 is 18.0 Å². The van der Waals surface area contributed by atoms with E-state index in [0.717, 1.165) is 5.56 Å². The molecule has 0 aromatic heterocycles. The highest BCUT2D eigenvalue weighted by atomic mass is 16.5. The first-order valence-corrected chi connectivity index (χ1v) is 6.52. The van der Waals surface area contributed by atoms with Crippen LogP contribution in [0.1, 0.15) is 12.5 Å². The Bertz CT molecular complexity index is 505. The minimum atomic E-state index is -0.827. The summed E-state index contributed by atoms with van der Waals surface area (Å²) in [6.45, 7) is 2.25. The largest absolute Gasteiger partial charge is 0.493 e. The molecular weight excluding hydrogens is 274 g/mol. The summed E-state index contributed by atoms with van der Waals surface area (Å²) >= 11 is 0. The van der Waals surface area contributed by atoms with Crippen molar-refractivity contribution < 1.29 is 19.1 Å². The van der Waals surface area contributed by atoms with Crippen LogP contribution in [0.5, 0.6) is 11.5 Å². The standard InChI is InChI=1S/C14H21N3O4/c1-9(13(18)17-14(19)16-3)21-11-6-5-10(8-15-2)7-12(11)20-4/h5-7,9,15H,8H2,1-4H3,(H2,16,17,18,19). The van der Waals surface area contributed by atoms with Crippen molar-refractivity contribution in [3.05, 3.63) is 23.8 Å². The molecule has 1 unspecified atom stereocenters. The van der Waals surface area contributed by atoms with Gasteiger partial charge in [-0.25, -0.2) is 4.79 Å². The van der Waals surface area contributed by atoms with Gasteiger partial charge in [-0.2, -0.15) is 0 Å². The topological polar surface area (TPSA) is 88.7 Å². The Morgan fingerprint density at radius 2 is 1.95 bits per heavy atom. The van der Waals surface area contributed by atoms with Crippen LogP contribution in [0.15, 0.2) is 18.2 Å². The Kier molecular flexibility index (Phi) is 6.48. The molecule has 1 aromatic rings. The van der Waals surface area contributed by atoms with Crippen LogP contribution in [0.2, 0.25) is 0 Å². The monoisotopic (exact) mass is 295 g/mol. The molecular formula is C14H21N3O4. The number of benzene rings is 1. The fraction of sp³-hybridized carbons (Fsp3) is 0.429. The summed E-state index contributed by atoms with van der Waals surface area (Å²) in [4.78, 5) is 22.8. The molecule has 0 fully saturated rings. The normalized spacial score (nSPS) is 11.4. The predicted molar refractivity (Wildman–Crippen MR) is 78.4 cm³/mol. The summed E-state index contributed by atoms with van der Waals surface area (Å²) in [5.74, 6) is 0.440. The van der Waals surface area contributed by atoms with E-state index in [0.29, 0.717) is 18.0 Å². The molecule has 0 bridgehead atoms. The zero-order chi connectivity index (χ0) is 15.8. The Morgan fingerprint density at radius 1 is 1.24 bits per heavy atom. The highest BCUT2D eigenvalue weighted by molar-refractivity contribution is 5.96. The van der Waals surface area contributed by atoms with Gasteiger partial charge in [-0.3, -0.25) is 10.1 Å². The molecule has 0 aliphatic carbocycles. The van der Waals surface area contributed by atoms with Gasteiger partial charge in [-0.05, 0) is 31.7 Å². The van der Waals surface area contributed by atoms with Crippen molar-refractivity contribution in [3.63, 3.8) is 0 Å². The Hall–Kier alpha value is -2.28. The molecule has 3 amide bonds. The maximum atomic E-state index is 11.7. The van der Waals surface area contributed by atoms with Crippen molar-refractivity contribution in [2.45, 2.75) is 19.6 Å². The van der Waals surface area contributed by atoms with E-state index in [9.17, 15) is 9.59 Å². The molecule has 1 aromatic carbocycles. The third-order valence-corrected chi connectivity index (χ3v) is 2.75.